The molecule has 3 aromatic rings. The van der Waals surface area contributed by atoms with Crippen molar-refractivity contribution in [1.29, 1.82) is 0 Å². The van der Waals surface area contributed by atoms with Crippen molar-refractivity contribution in [2.24, 2.45) is 5.73 Å². The van der Waals surface area contributed by atoms with Crippen LogP contribution in [0.1, 0.15) is 60.8 Å². The van der Waals surface area contributed by atoms with Crippen LogP contribution in [0.2, 0.25) is 0 Å². The molecule has 1 aromatic carbocycles. The van der Waals surface area contributed by atoms with Crippen LogP contribution in [-0.2, 0) is 0 Å². The number of pyridine rings is 1. The SMILES string of the molecule is CN1CCC[C@H]1c1nnc2ccc(OC3CCC(N)c4ccccc43)cn12. The molecule has 2 N–H and O–H groups in total. The van der Waals surface area contributed by atoms with E-state index in [1.807, 2.05) is 18.3 Å². The second kappa shape index (κ2) is 6.62. The Kier molecular flexibility index (Phi) is 4.10. The summed E-state index contributed by atoms with van der Waals surface area (Å²) in [6.07, 6.45) is 6.26. The molecule has 3 heterocycles. The topological polar surface area (TPSA) is 68.7 Å². The molecule has 0 bridgehead atoms. The maximum Gasteiger partial charge on any atom is 0.161 e. The zero-order valence-corrected chi connectivity index (χ0v) is 15.6. The minimum Gasteiger partial charge on any atom is -0.484 e. The first-order chi connectivity index (χ1) is 13.2. The second-order valence-electron chi connectivity index (χ2n) is 7.71. The van der Waals surface area contributed by atoms with Crippen LogP contribution in [-0.4, -0.2) is 33.1 Å². The highest BCUT2D eigenvalue weighted by atomic mass is 16.5. The number of rotatable bonds is 3. The van der Waals surface area contributed by atoms with Crippen LogP contribution in [0.15, 0.2) is 42.6 Å². The van der Waals surface area contributed by atoms with Gasteiger partial charge in [0, 0.05) is 6.04 Å². The van der Waals surface area contributed by atoms with Crippen molar-refractivity contribution in [3.63, 3.8) is 0 Å². The molecule has 0 radical (unpaired) electrons. The molecule has 1 aliphatic heterocycles. The van der Waals surface area contributed by atoms with Gasteiger partial charge in [-0.15, -0.1) is 10.2 Å². The van der Waals surface area contributed by atoms with Crippen molar-refractivity contribution in [3.05, 3.63) is 59.5 Å². The fourth-order valence-corrected chi connectivity index (χ4v) is 4.49. The summed E-state index contributed by atoms with van der Waals surface area (Å²) < 4.78 is 8.49. The van der Waals surface area contributed by atoms with Gasteiger partial charge < -0.3 is 10.5 Å². The van der Waals surface area contributed by atoms with E-state index in [1.165, 1.54) is 17.5 Å². The molecule has 0 spiro atoms. The first kappa shape index (κ1) is 16.7. The molecule has 27 heavy (non-hydrogen) atoms. The van der Waals surface area contributed by atoms with Crippen LogP contribution in [0.3, 0.4) is 0 Å². The predicted octanol–water partition coefficient (Wildman–Crippen LogP) is 3.41. The molecule has 1 fully saturated rings. The Morgan fingerprint density at radius 2 is 1.89 bits per heavy atom. The van der Waals surface area contributed by atoms with Crippen LogP contribution < -0.4 is 10.5 Å². The highest BCUT2D eigenvalue weighted by Crippen LogP contribution is 2.38. The molecule has 1 aliphatic carbocycles. The first-order valence-corrected chi connectivity index (χ1v) is 9.76. The normalized spacial score (nSPS) is 25.6. The van der Waals surface area contributed by atoms with Gasteiger partial charge in [0.2, 0.25) is 0 Å². The lowest BCUT2D eigenvalue weighted by molar-refractivity contribution is 0.176. The van der Waals surface area contributed by atoms with Crippen molar-refractivity contribution in [2.45, 2.75) is 43.9 Å². The largest absolute Gasteiger partial charge is 0.484 e. The quantitative estimate of drug-likeness (QED) is 0.772. The predicted molar refractivity (Wildman–Crippen MR) is 104 cm³/mol. The Balaban J connectivity index is 1.47. The zero-order valence-electron chi connectivity index (χ0n) is 15.6. The summed E-state index contributed by atoms with van der Waals surface area (Å²) in [6.45, 7) is 1.11. The minimum absolute atomic E-state index is 0.0348. The molecule has 6 heteroatoms. The summed E-state index contributed by atoms with van der Waals surface area (Å²) in [4.78, 5) is 2.35. The van der Waals surface area contributed by atoms with E-state index in [2.05, 4.69) is 50.8 Å². The van der Waals surface area contributed by atoms with Gasteiger partial charge in [0.1, 0.15) is 11.9 Å². The molecular formula is C21H25N5O. The van der Waals surface area contributed by atoms with Gasteiger partial charge in [-0.1, -0.05) is 24.3 Å². The van der Waals surface area contributed by atoms with Crippen LogP contribution in [0.5, 0.6) is 5.75 Å². The van der Waals surface area contributed by atoms with Crippen molar-refractivity contribution in [1.82, 2.24) is 19.5 Å². The fraction of sp³-hybridized carbons (Fsp3) is 0.429. The molecule has 0 saturated carbocycles. The Morgan fingerprint density at radius 3 is 2.70 bits per heavy atom. The summed E-state index contributed by atoms with van der Waals surface area (Å²) in [6, 6.07) is 12.8. The zero-order chi connectivity index (χ0) is 18.4. The lowest BCUT2D eigenvalue weighted by Gasteiger charge is -2.30. The van der Waals surface area contributed by atoms with E-state index in [9.17, 15) is 0 Å². The van der Waals surface area contributed by atoms with Crippen LogP contribution in [0.4, 0.5) is 0 Å². The van der Waals surface area contributed by atoms with Crippen molar-refractivity contribution >= 4 is 5.65 Å². The lowest BCUT2D eigenvalue weighted by Crippen LogP contribution is -2.23. The van der Waals surface area contributed by atoms with E-state index in [0.717, 1.165) is 43.0 Å². The summed E-state index contributed by atoms with van der Waals surface area (Å²) >= 11 is 0. The average Bonchev–Trinajstić information content (AvgIpc) is 3.29. The van der Waals surface area contributed by atoms with E-state index >= 15 is 0 Å². The number of likely N-dealkylation sites (tertiary alicyclic amines) is 1. The Hall–Kier alpha value is -2.44. The molecular weight excluding hydrogens is 338 g/mol. The number of nitrogens with two attached hydrogens (primary N) is 1. The number of nitrogens with zero attached hydrogens (tertiary/aromatic N) is 4. The Bertz CT molecular complexity index is 968. The number of hydrogen-bond donors (Lipinski definition) is 1. The maximum absolute atomic E-state index is 6.41. The molecule has 5 rings (SSSR count). The van der Waals surface area contributed by atoms with Gasteiger partial charge in [-0.2, -0.15) is 0 Å². The minimum atomic E-state index is 0.0348. The van der Waals surface area contributed by atoms with Crippen LogP contribution >= 0.6 is 0 Å². The van der Waals surface area contributed by atoms with Gasteiger partial charge in [0.25, 0.3) is 0 Å². The standard InChI is InChI=1S/C21H25N5O/c1-25-12-4-7-18(25)21-24-23-20-11-8-14(13-26(20)21)27-19-10-9-17(22)15-5-2-3-6-16(15)19/h2-3,5-6,8,11,13,17-19H,4,7,9-10,12,22H2,1H3/t17?,18-,19?/m0/s1. The third-order valence-corrected chi connectivity index (χ3v) is 5.98. The number of ether oxygens (including phenoxy) is 1. The average molecular weight is 363 g/mol. The Morgan fingerprint density at radius 1 is 1.04 bits per heavy atom. The van der Waals surface area contributed by atoms with Crippen molar-refractivity contribution in [2.75, 3.05) is 13.6 Å². The number of fused-ring (bicyclic) bond motifs is 2. The number of aromatic nitrogens is 3. The van der Waals surface area contributed by atoms with Gasteiger partial charge in [-0.25, -0.2) is 0 Å². The smallest absolute Gasteiger partial charge is 0.161 e. The van der Waals surface area contributed by atoms with E-state index in [0.29, 0.717) is 6.04 Å². The summed E-state index contributed by atoms with van der Waals surface area (Å²) in [7, 11) is 2.15. The molecule has 2 unspecified atom stereocenters. The first-order valence-electron chi connectivity index (χ1n) is 9.76. The maximum atomic E-state index is 6.41. The summed E-state index contributed by atoms with van der Waals surface area (Å²) in [5, 5.41) is 8.81. The molecule has 2 aromatic heterocycles. The molecule has 6 nitrogen and oxygen atoms in total. The molecule has 1 saturated heterocycles. The second-order valence-corrected chi connectivity index (χ2v) is 7.71. The Labute approximate surface area is 159 Å². The number of benzene rings is 1. The van der Waals surface area contributed by atoms with E-state index in [-0.39, 0.29) is 12.1 Å². The lowest BCUT2D eigenvalue weighted by atomic mass is 9.86. The van der Waals surface area contributed by atoms with E-state index in [1.54, 1.807) is 0 Å². The van der Waals surface area contributed by atoms with Gasteiger partial charge >= 0.3 is 0 Å². The monoisotopic (exact) mass is 363 g/mol. The molecule has 3 atom stereocenters. The van der Waals surface area contributed by atoms with E-state index in [4.69, 9.17) is 10.5 Å². The van der Waals surface area contributed by atoms with Crippen LogP contribution in [0.25, 0.3) is 5.65 Å². The third kappa shape index (κ3) is 2.89. The summed E-state index contributed by atoms with van der Waals surface area (Å²) in [5.74, 6) is 1.85. The van der Waals surface area contributed by atoms with Gasteiger partial charge in [-0.05, 0) is 62.5 Å². The van der Waals surface area contributed by atoms with E-state index < -0.39 is 0 Å². The summed E-state index contributed by atoms with van der Waals surface area (Å²) in [5.41, 5.74) is 9.55. The number of hydrogen-bond acceptors (Lipinski definition) is 5. The van der Waals surface area contributed by atoms with Gasteiger partial charge in [0.05, 0.1) is 12.2 Å². The fourth-order valence-electron chi connectivity index (χ4n) is 4.49. The highest BCUT2D eigenvalue weighted by Gasteiger charge is 2.28. The molecule has 140 valence electrons. The van der Waals surface area contributed by atoms with Gasteiger partial charge in [0.15, 0.2) is 11.5 Å². The van der Waals surface area contributed by atoms with Crippen molar-refractivity contribution < 1.29 is 4.74 Å². The van der Waals surface area contributed by atoms with Crippen LogP contribution in [0, 0.1) is 0 Å². The molecule has 2 aliphatic rings. The molecule has 0 amide bonds. The van der Waals surface area contributed by atoms with Gasteiger partial charge in [-0.3, -0.25) is 9.30 Å². The van der Waals surface area contributed by atoms with Crippen molar-refractivity contribution in [3.8, 4) is 5.75 Å². The third-order valence-electron chi connectivity index (χ3n) is 5.98. The highest BCUT2D eigenvalue weighted by molar-refractivity contribution is 5.42.